The van der Waals surface area contributed by atoms with Crippen LogP contribution in [0.1, 0.15) is 0 Å². The molecule has 8 rings (SSSR count). The van der Waals surface area contributed by atoms with E-state index >= 15 is 0 Å². The molecule has 190 valence electrons. The number of rotatable bonds is 3. The Morgan fingerprint density at radius 3 is 1.63 bits per heavy atom. The standard InChI is InChI=1S/C25H21N9O2S2/c1-2-4-14(5-3-1)15-16-18-20(22(29-31-27-18)33-6-10-35-11-7-33)37-24(16)26-25-17(15)19-21(38-25)23(30-32-28-19)34-8-12-36-13-9-34/h1-5H,6-13H2. The Balaban J connectivity index is 1.46. The Morgan fingerprint density at radius 1 is 0.632 bits per heavy atom. The molecule has 5 aromatic heterocycles. The predicted molar refractivity (Wildman–Crippen MR) is 148 cm³/mol. The highest BCUT2D eigenvalue weighted by atomic mass is 32.1. The molecular formula is C25H21N9O2S2. The van der Waals surface area contributed by atoms with Gasteiger partial charge in [0.05, 0.1) is 26.4 Å². The second-order valence-corrected chi connectivity index (χ2v) is 11.2. The van der Waals surface area contributed by atoms with E-state index in [1.54, 1.807) is 22.7 Å². The molecule has 0 radical (unpaired) electrons. The topological polar surface area (TPSA) is 115 Å². The number of pyridine rings is 1. The van der Waals surface area contributed by atoms with Crippen molar-refractivity contribution in [3.05, 3.63) is 30.3 Å². The second-order valence-electron chi connectivity index (χ2n) is 9.20. The first-order valence-corrected chi connectivity index (χ1v) is 14.1. The van der Waals surface area contributed by atoms with Gasteiger partial charge >= 0.3 is 0 Å². The molecule has 0 bridgehead atoms. The number of hydrogen-bond acceptors (Lipinski definition) is 13. The Morgan fingerprint density at radius 2 is 1.13 bits per heavy atom. The maximum Gasteiger partial charge on any atom is 0.172 e. The highest BCUT2D eigenvalue weighted by molar-refractivity contribution is 7.28. The smallest absolute Gasteiger partial charge is 0.172 e. The first-order valence-electron chi connectivity index (χ1n) is 12.5. The molecule has 13 heteroatoms. The Hall–Kier alpha value is -3.65. The van der Waals surface area contributed by atoms with E-state index in [1.165, 1.54) is 0 Å². The molecule has 2 aliphatic rings. The summed E-state index contributed by atoms with van der Waals surface area (Å²) < 4.78 is 13.1. The third-order valence-corrected chi connectivity index (χ3v) is 9.23. The van der Waals surface area contributed by atoms with E-state index < -0.39 is 0 Å². The number of benzene rings is 1. The number of aromatic nitrogens is 7. The largest absolute Gasteiger partial charge is 0.378 e. The Labute approximate surface area is 224 Å². The lowest BCUT2D eigenvalue weighted by atomic mass is 9.99. The molecule has 2 saturated heterocycles. The van der Waals surface area contributed by atoms with E-state index in [2.05, 4.69) is 64.9 Å². The van der Waals surface area contributed by atoms with Crippen molar-refractivity contribution < 1.29 is 9.47 Å². The molecule has 1 aromatic carbocycles. The van der Waals surface area contributed by atoms with Crippen molar-refractivity contribution >= 4 is 75.2 Å². The number of fused-ring (bicyclic) bond motifs is 6. The summed E-state index contributed by atoms with van der Waals surface area (Å²) in [5.41, 5.74) is 3.74. The van der Waals surface area contributed by atoms with Gasteiger partial charge in [0.15, 0.2) is 11.6 Å². The minimum absolute atomic E-state index is 0.670. The molecule has 0 saturated carbocycles. The van der Waals surface area contributed by atoms with Crippen molar-refractivity contribution in [1.29, 1.82) is 0 Å². The van der Waals surface area contributed by atoms with E-state index in [1.807, 2.05) is 6.07 Å². The summed E-state index contributed by atoms with van der Waals surface area (Å²) >= 11 is 3.23. The Bertz CT molecular complexity index is 1700. The van der Waals surface area contributed by atoms with Gasteiger partial charge < -0.3 is 19.3 Å². The van der Waals surface area contributed by atoms with E-state index in [-0.39, 0.29) is 0 Å². The molecule has 0 aliphatic carbocycles. The van der Waals surface area contributed by atoms with Gasteiger partial charge in [-0.25, -0.2) is 4.98 Å². The van der Waals surface area contributed by atoms with Gasteiger partial charge in [-0.1, -0.05) is 30.3 Å². The van der Waals surface area contributed by atoms with Crippen LogP contribution in [0.25, 0.3) is 52.0 Å². The fourth-order valence-corrected chi connectivity index (χ4v) is 7.63. The first kappa shape index (κ1) is 22.3. The van der Waals surface area contributed by atoms with Crippen LogP contribution in [0.2, 0.25) is 0 Å². The number of anilines is 2. The SMILES string of the molecule is c1ccc(-c2c3c(nc4sc5c(N6CCOCC6)nnnc5c24)sc2c(N4CCOCC4)nnnc23)cc1. The van der Waals surface area contributed by atoms with Crippen LogP contribution in [0.4, 0.5) is 11.6 Å². The van der Waals surface area contributed by atoms with Crippen LogP contribution < -0.4 is 9.80 Å². The van der Waals surface area contributed by atoms with Gasteiger partial charge in [0, 0.05) is 42.5 Å². The van der Waals surface area contributed by atoms with Crippen molar-refractivity contribution in [3.63, 3.8) is 0 Å². The lowest BCUT2D eigenvalue weighted by molar-refractivity contribution is 0.122. The molecule has 6 aromatic rings. The maximum atomic E-state index is 5.56. The van der Waals surface area contributed by atoms with Crippen molar-refractivity contribution in [2.45, 2.75) is 0 Å². The van der Waals surface area contributed by atoms with Gasteiger partial charge in [-0.15, -0.1) is 43.1 Å². The molecule has 0 unspecified atom stereocenters. The quantitative estimate of drug-likeness (QED) is 0.326. The average molecular weight is 544 g/mol. The van der Waals surface area contributed by atoms with Crippen LogP contribution in [0.5, 0.6) is 0 Å². The second kappa shape index (κ2) is 8.98. The van der Waals surface area contributed by atoms with Crippen molar-refractivity contribution in [3.8, 4) is 11.1 Å². The Kier molecular flexibility index (Phi) is 5.28. The van der Waals surface area contributed by atoms with E-state index in [9.17, 15) is 0 Å². The van der Waals surface area contributed by atoms with Crippen molar-refractivity contribution in [2.75, 3.05) is 62.4 Å². The summed E-state index contributed by atoms with van der Waals surface area (Å²) in [7, 11) is 0. The molecule has 0 atom stereocenters. The molecule has 0 N–H and O–H groups in total. The third-order valence-electron chi connectivity index (χ3n) is 7.09. The van der Waals surface area contributed by atoms with Crippen LogP contribution in [0.15, 0.2) is 30.3 Å². The van der Waals surface area contributed by atoms with Crippen LogP contribution in [0, 0.1) is 0 Å². The summed E-state index contributed by atoms with van der Waals surface area (Å²) in [4.78, 5) is 11.4. The molecule has 11 nitrogen and oxygen atoms in total. The molecular weight excluding hydrogens is 522 g/mol. The predicted octanol–water partition coefficient (Wildman–Crippen LogP) is 3.53. The number of ether oxygens (including phenoxy) is 2. The minimum Gasteiger partial charge on any atom is -0.378 e. The summed E-state index contributed by atoms with van der Waals surface area (Å²) in [6, 6.07) is 10.4. The normalized spacial score (nSPS) is 16.8. The average Bonchev–Trinajstić information content (AvgIpc) is 3.55. The summed E-state index contributed by atoms with van der Waals surface area (Å²) in [5.74, 6) is 1.68. The number of hydrogen-bond donors (Lipinski definition) is 0. The zero-order valence-electron chi connectivity index (χ0n) is 20.2. The molecule has 2 aliphatic heterocycles. The van der Waals surface area contributed by atoms with E-state index in [4.69, 9.17) is 14.5 Å². The monoisotopic (exact) mass is 543 g/mol. The van der Waals surface area contributed by atoms with E-state index in [0.29, 0.717) is 26.4 Å². The van der Waals surface area contributed by atoms with Crippen molar-refractivity contribution in [1.82, 2.24) is 35.8 Å². The van der Waals surface area contributed by atoms with Gasteiger partial charge in [0.25, 0.3) is 0 Å². The fraction of sp³-hybridized carbons (Fsp3) is 0.320. The highest BCUT2D eigenvalue weighted by Gasteiger charge is 2.27. The van der Waals surface area contributed by atoms with Crippen LogP contribution in [-0.2, 0) is 9.47 Å². The van der Waals surface area contributed by atoms with Gasteiger partial charge in [-0.05, 0) is 16.0 Å². The number of thiophene rings is 2. The summed E-state index contributed by atoms with van der Waals surface area (Å²) in [5, 5.41) is 28.3. The lowest BCUT2D eigenvalue weighted by Crippen LogP contribution is -2.37. The zero-order chi connectivity index (χ0) is 25.1. The van der Waals surface area contributed by atoms with Gasteiger partial charge in [-0.3, -0.25) is 0 Å². The summed E-state index contributed by atoms with van der Waals surface area (Å²) in [6.07, 6.45) is 0. The van der Waals surface area contributed by atoms with Crippen LogP contribution >= 0.6 is 22.7 Å². The highest BCUT2D eigenvalue weighted by Crippen LogP contribution is 2.48. The first-order chi connectivity index (χ1) is 18.9. The molecule has 0 amide bonds. The van der Waals surface area contributed by atoms with Crippen molar-refractivity contribution in [2.24, 2.45) is 0 Å². The van der Waals surface area contributed by atoms with E-state index in [0.717, 1.165) is 89.8 Å². The molecule has 0 spiro atoms. The fourth-order valence-electron chi connectivity index (χ4n) is 5.31. The van der Waals surface area contributed by atoms with Gasteiger partial charge in [0.2, 0.25) is 0 Å². The van der Waals surface area contributed by atoms with Gasteiger partial charge in [0.1, 0.15) is 30.1 Å². The molecule has 38 heavy (non-hydrogen) atoms. The third kappa shape index (κ3) is 3.42. The molecule has 2 fully saturated rings. The minimum atomic E-state index is 0.670. The number of nitrogens with zero attached hydrogens (tertiary/aromatic N) is 9. The number of morpholine rings is 2. The lowest BCUT2D eigenvalue weighted by Gasteiger charge is -2.27. The van der Waals surface area contributed by atoms with Crippen LogP contribution in [-0.4, -0.2) is 88.4 Å². The molecule has 7 heterocycles. The van der Waals surface area contributed by atoms with Crippen LogP contribution in [0.3, 0.4) is 0 Å². The summed E-state index contributed by atoms with van der Waals surface area (Å²) in [6.45, 7) is 5.77. The zero-order valence-corrected chi connectivity index (χ0v) is 21.8. The maximum absolute atomic E-state index is 5.56. The van der Waals surface area contributed by atoms with Gasteiger partial charge in [-0.2, -0.15) is 0 Å².